The Labute approximate surface area is 143 Å². The molecular formula is C19H28O5. The summed E-state index contributed by atoms with van der Waals surface area (Å²) in [5.74, 6) is -0.151. The standard InChI is InChI=1S/C19H28O5/c1-12(20)9-13-5-6-16-18(22-13)10-14(21-16)17-15(11-18)23-19(24-17)7-3-2-4-8-19/h13-17H,2-11H2,1H3/t13?,14?,15-,16?,17+,18?/m1/s1. The third-order valence-corrected chi connectivity index (χ3v) is 6.75. The van der Waals surface area contributed by atoms with E-state index in [1.54, 1.807) is 6.92 Å². The highest BCUT2D eigenvalue weighted by Crippen LogP contribution is 2.55. The predicted molar refractivity (Wildman–Crippen MR) is 85.6 cm³/mol. The SMILES string of the molecule is CC(=O)CC1CCC2OC3CC2(C[C@H]2OC4(CCCCC4)O[C@@H]32)O1. The highest BCUT2D eigenvalue weighted by molar-refractivity contribution is 5.76. The van der Waals surface area contributed by atoms with Gasteiger partial charge in [0.2, 0.25) is 0 Å². The summed E-state index contributed by atoms with van der Waals surface area (Å²) in [6.45, 7) is 1.65. The second-order valence-corrected chi connectivity index (χ2v) is 8.57. The van der Waals surface area contributed by atoms with Gasteiger partial charge in [0.25, 0.3) is 0 Å². The van der Waals surface area contributed by atoms with Gasteiger partial charge < -0.3 is 18.9 Å². The summed E-state index contributed by atoms with van der Waals surface area (Å²) in [6, 6.07) is 0. The minimum atomic E-state index is -0.360. The van der Waals surface area contributed by atoms with Crippen LogP contribution in [0.4, 0.5) is 0 Å². The summed E-state index contributed by atoms with van der Waals surface area (Å²) >= 11 is 0. The van der Waals surface area contributed by atoms with Crippen LogP contribution in [0.25, 0.3) is 0 Å². The van der Waals surface area contributed by atoms with Gasteiger partial charge in [0.05, 0.1) is 30.0 Å². The molecule has 0 aromatic carbocycles. The van der Waals surface area contributed by atoms with E-state index in [-0.39, 0.29) is 47.7 Å². The Morgan fingerprint density at radius 2 is 1.79 bits per heavy atom. The molecule has 5 fully saturated rings. The van der Waals surface area contributed by atoms with Crippen LogP contribution in [0.1, 0.15) is 71.1 Å². The molecule has 2 saturated carbocycles. The van der Waals surface area contributed by atoms with E-state index < -0.39 is 0 Å². The average Bonchev–Trinajstić information content (AvgIpc) is 3.03. The lowest BCUT2D eigenvalue weighted by atomic mass is 9.76. The molecule has 134 valence electrons. The molecule has 3 saturated heterocycles. The molecule has 0 N–H and O–H groups in total. The van der Waals surface area contributed by atoms with Gasteiger partial charge in [0.15, 0.2) is 5.79 Å². The molecule has 3 aliphatic heterocycles. The molecule has 2 spiro atoms. The Morgan fingerprint density at radius 3 is 2.58 bits per heavy atom. The predicted octanol–water partition coefficient (Wildman–Crippen LogP) is 2.89. The van der Waals surface area contributed by atoms with Gasteiger partial charge in [-0.05, 0) is 32.6 Å². The monoisotopic (exact) mass is 336 g/mol. The van der Waals surface area contributed by atoms with Gasteiger partial charge in [0.1, 0.15) is 11.9 Å². The largest absolute Gasteiger partial charge is 0.369 e. The van der Waals surface area contributed by atoms with Gasteiger partial charge in [-0.25, -0.2) is 0 Å². The first kappa shape index (κ1) is 15.7. The summed E-state index contributed by atoms with van der Waals surface area (Å²) in [7, 11) is 0. The maximum atomic E-state index is 11.5. The van der Waals surface area contributed by atoms with Crippen molar-refractivity contribution < 1.29 is 23.7 Å². The fourth-order valence-electron chi connectivity index (χ4n) is 5.79. The van der Waals surface area contributed by atoms with E-state index in [1.807, 2.05) is 0 Å². The molecule has 3 heterocycles. The summed E-state index contributed by atoms with van der Waals surface area (Å²) in [4.78, 5) is 11.5. The van der Waals surface area contributed by atoms with E-state index in [4.69, 9.17) is 18.9 Å². The molecule has 5 rings (SSSR count). The quantitative estimate of drug-likeness (QED) is 0.776. The number of carbonyl (C=O) groups excluding carboxylic acids is 1. The molecule has 0 amide bonds. The van der Waals surface area contributed by atoms with Crippen LogP contribution in [0, 0.1) is 0 Å². The normalized spacial score (nSPS) is 49.0. The van der Waals surface area contributed by atoms with Crippen molar-refractivity contribution in [3.8, 4) is 0 Å². The van der Waals surface area contributed by atoms with Gasteiger partial charge >= 0.3 is 0 Å². The van der Waals surface area contributed by atoms with Crippen molar-refractivity contribution in [2.75, 3.05) is 0 Å². The second-order valence-electron chi connectivity index (χ2n) is 8.57. The van der Waals surface area contributed by atoms with E-state index in [0.717, 1.165) is 38.5 Å². The van der Waals surface area contributed by atoms with Crippen molar-refractivity contribution in [2.45, 2.75) is 113 Å². The van der Waals surface area contributed by atoms with Crippen LogP contribution in [-0.2, 0) is 23.7 Å². The van der Waals surface area contributed by atoms with Crippen LogP contribution >= 0.6 is 0 Å². The molecule has 5 heteroatoms. The Kier molecular flexibility index (Phi) is 3.61. The number of ether oxygens (including phenoxy) is 4. The van der Waals surface area contributed by atoms with E-state index in [9.17, 15) is 4.79 Å². The zero-order valence-electron chi connectivity index (χ0n) is 14.5. The number of fused-ring (bicyclic) bond motifs is 3. The first-order chi connectivity index (χ1) is 11.6. The lowest BCUT2D eigenvalue weighted by Crippen LogP contribution is -2.53. The number of Topliss-reactive ketones (excluding diaryl/α,β-unsaturated/α-hetero) is 1. The van der Waals surface area contributed by atoms with Crippen LogP contribution in [0.3, 0.4) is 0 Å². The number of hydrogen-bond acceptors (Lipinski definition) is 5. The first-order valence-corrected chi connectivity index (χ1v) is 9.76. The molecule has 2 bridgehead atoms. The van der Waals surface area contributed by atoms with Gasteiger partial charge in [-0.3, -0.25) is 4.79 Å². The average molecular weight is 336 g/mol. The first-order valence-electron chi connectivity index (χ1n) is 9.76. The van der Waals surface area contributed by atoms with Crippen molar-refractivity contribution in [2.24, 2.45) is 0 Å². The maximum Gasteiger partial charge on any atom is 0.169 e. The minimum Gasteiger partial charge on any atom is -0.369 e. The van der Waals surface area contributed by atoms with Gasteiger partial charge in [0, 0.05) is 32.1 Å². The van der Waals surface area contributed by atoms with Crippen molar-refractivity contribution in [3.05, 3.63) is 0 Å². The molecule has 4 unspecified atom stereocenters. The lowest BCUT2D eigenvalue weighted by Gasteiger charge is -2.44. The van der Waals surface area contributed by atoms with Crippen LogP contribution < -0.4 is 0 Å². The Bertz CT molecular complexity index is 528. The van der Waals surface area contributed by atoms with E-state index in [1.165, 1.54) is 19.3 Å². The smallest absolute Gasteiger partial charge is 0.169 e. The van der Waals surface area contributed by atoms with Crippen molar-refractivity contribution in [1.82, 2.24) is 0 Å². The Balaban J connectivity index is 1.35. The zero-order chi connectivity index (χ0) is 16.4. The van der Waals surface area contributed by atoms with Crippen LogP contribution in [-0.4, -0.2) is 47.7 Å². The molecule has 6 atom stereocenters. The maximum absolute atomic E-state index is 11.5. The molecule has 2 aliphatic carbocycles. The van der Waals surface area contributed by atoms with Gasteiger partial charge in [-0.1, -0.05) is 6.42 Å². The second kappa shape index (κ2) is 5.50. The minimum absolute atomic E-state index is 0.0450. The molecule has 5 nitrogen and oxygen atoms in total. The summed E-state index contributed by atoms with van der Waals surface area (Å²) < 4.78 is 25.8. The van der Waals surface area contributed by atoms with Crippen molar-refractivity contribution >= 4 is 5.78 Å². The summed E-state index contributed by atoms with van der Waals surface area (Å²) in [6.07, 6.45) is 10.3. The van der Waals surface area contributed by atoms with Crippen LogP contribution in [0.2, 0.25) is 0 Å². The van der Waals surface area contributed by atoms with Crippen molar-refractivity contribution in [3.63, 3.8) is 0 Å². The van der Waals surface area contributed by atoms with Crippen molar-refractivity contribution in [1.29, 1.82) is 0 Å². The number of ketones is 1. The number of carbonyl (C=O) groups is 1. The Morgan fingerprint density at radius 1 is 1.00 bits per heavy atom. The van der Waals surface area contributed by atoms with Gasteiger partial charge in [-0.2, -0.15) is 0 Å². The van der Waals surface area contributed by atoms with E-state index in [0.29, 0.717) is 6.42 Å². The number of hydrogen-bond donors (Lipinski definition) is 0. The lowest BCUT2D eigenvalue weighted by molar-refractivity contribution is -0.215. The molecule has 24 heavy (non-hydrogen) atoms. The highest BCUT2D eigenvalue weighted by atomic mass is 16.8. The molecular weight excluding hydrogens is 308 g/mol. The van der Waals surface area contributed by atoms with E-state index in [2.05, 4.69) is 0 Å². The molecule has 5 aliphatic rings. The molecule has 0 radical (unpaired) electrons. The van der Waals surface area contributed by atoms with Crippen LogP contribution in [0.5, 0.6) is 0 Å². The summed E-state index contributed by atoms with van der Waals surface area (Å²) in [5.41, 5.74) is -0.256. The Hall–Kier alpha value is -0.490. The zero-order valence-corrected chi connectivity index (χ0v) is 14.5. The fourth-order valence-corrected chi connectivity index (χ4v) is 5.79. The fraction of sp³-hybridized carbons (Fsp3) is 0.947. The number of rotatable bonds is 2. The van der Waals surface area contributed by atoms with Gasteiger partial charge in [-0.15, -0.1) is 0 Å². The molecule has 0 aromatic heterocycles. The topological polar surface area (TPSA) is 54.0 Å². The highest BCUT2D eigenvalue weighted by Gasteiger charge is 2.65. The van der Waals surface area contributed by atoms with E-state index >= 15 is 0 Å². The van der Waals surface area contributed by atoms with Crippen LogP contribution in [0.15, 0.2) is 0 Å². The summed E-state index contributed by atoms with van der Waals surface area (Å²) in [5, 5.41) is 0. The molecule has 0 aromatic rings. The third-order valence-electron chi connectivity index (χ3n) is 6.75. The third kappa shape index (κ3) is 2.39.